The number of hydrogen-bond acceptors (Lipinski definition) is 4. The second kappa shape index (κ2) is 8.82. The highest BCUT2D eigenvalue weighted by atomic mass is 35.5. The molecule has 0 saturated carbocycles. The summed E-state index contributed by atoms with van der Waals surface area (Å²) in [7, 11) is 1.62. The van der Waals surface area contributed by atoms with Gasteiger partial charge in [-0.05, 0) is 66.4 Å². The molecule has 1 amide bonds. The van der Waals surface area contributed by atoms with Crippen molar-refractivity contribution in [1.29, 1.82) is 0 Å². The first-order chi connectivity index (χ1) is 16.4. The number of aryl methyl sites for hydroxylation is 1. The SMILES string of the molecule is COc1ccc(CCN2C(=O)c3oc4cc(C)c(Cl)cc4c(=O)c3[C@@H]2c2cccc(Cl)c2)cc1. The third-order valence-electron chi connectivity index (χ3n) is 6.21. The van der Waals surface area contributed by atoms with E-state index in [1.807, 2.05) is 43.3 Å². The number of carbonyl (C=O) groups is 1. The first-order valence-corrected chi connectivity index (χ1v) is 11.6. The maximum Gasteiger partial charge on any atom is 0.290 e. The summed E-state index contributed by atoms with van der Waals surface area (Å²) in [6.45, 7) is 2.22. The van der Waals surface area contributed by atoms with Gasteiger partial charge in [0.25, 0.3) is 5.91 Å². The molecule has 7 heteroatoms. The fourth-order valence-electron chi connectivity index (χ4n) is 4.44. The number of benzene rings is 3. The van der Waals surface area contributed by atoms with Crippen molar-refractivity contribution in [2.24, 2.45) is 0 Å². The number of halogens is 2. The summed E-state index contributed by atoms with van der Waals surface area (Å²) in [5.41, 5.74) is 2.96. The maximum atomic E-state index is 13.6. The third kappa shape index (κ3) is 3.85. The van der Waals surface area contributed by atoms with Crippen molar-refractivity contribution in [1.82, 2.24) is 4.90 Å². The number of ether oxygens (including phenoxy) is 1. The lowest BCUT2D eigenvalue weighted by atomic mass is 9.98. The van der Waals surface area contributed by atoms with Gasteiger partial charge >= 0.3 is 0 Å². The van der Waals surface area contributed by atoms with Crippen LogP contribution in [0.5, 0.6) is 5.75 Å². The Morgan fingerprint density at radius 3 is 2.50 bits per heavy atom. The van der Waals surface area contributed by atoms with Crippen LogP contribution in [-0.2, 0) is 6.42 Å². The first-order valence-electron chi connectivity index (χ1n) is 10.8. The van der Waals surface area contributed by atoms with E-state index in [1.165, 1.54) is 0 Å². The molecule has 0 unspecified atom stereocenters. The van der Waals surface area contributed by atoms with Crippen LogP contribution in [0.1, 0.15) is 38.9 Å². The smallest absolute Gasteiger partial charge is 0.290 e. The summed E-state index contributed by atoms with van der Waals surface area (Å²) in [5, 5.41) is 1.35. The minimum Gasteiger partial charge on any atom is -0.497 e. The molecule has 34 heavy (non-hydrogen) atoms. The standard InChI is InChI=1S/C27H21Cl2NO4/c1-15-12-22-20(14-21(15)29)25(31)23-24(17-4-3-5-18(28)13-17)30(27(32)26(23)34-22)11-10-16-6-8-19(33-2)9-7-16/h3-9,12-14,24H,10-11H2,1-2H3/t24-/m0/s1. The predicted molar refractivity (Wildman–Crippen MR) is 133 cm³/mol. The molecule has 1 aliphatic heterocycles. The molecule has 0 saturated heterocycles. The Labute approximate surface area is 206 Å². The number of nitrogens with zero attached hydrogens (tertiary/aromatic N) is 1. The van der Waals surface area contributed by atoms with E-state index in [0.717, 1.165) is 22.4 Å². The van der Waals surface area contributed by atoms with Crippen LogP contribution in [0.15, 0.2) is 69.9 Å². The second-order valence-corrected chi connectivity index (χ2v) is 9.17. The predicted octanol–water partition coefficient (Wildman–Crippen LogP) is 6.20. The molecule has 0 N–H and O–H groups in total. The number of rotatable bonds is 5. The van der Waals surface area contributed by atoms with Crippen LogP contribution < -0.4 is 10.2 Å². The highest BCUT2D eigenvalue weighted by Gasteiger charge is 2.42. The zero-order chi connectivity index (χ0) is 24.0. The lowest BCUT2D eigenvalue weighted by Gasteiger charge is -2.25. The fourth-order valence-corrected chi connectivity index (χ4v) is 4.80. The molecule has 4 aromatic rings. The molecular formula is C27H21Cl2NO4. The lowest BCUT2D eigenvalue weighted by molar-refractivity contribution is 0.0730. The van der Waals surface area contributed by atoms with Crippen molar-refractivity contribution in [2.75, 3.05) is 13.7 Å². The number of methoxy groups -OCH3 is 1. The zero-order valence-electron chi connectivity index (χ0n) is 18.6. The van der Waals surface area contributed by atoms with Crippen LogP contribution in [0, 0.1) is 6.92 Å². The molecule has 0 fully saturated rings. The second-order valence-electron chi connectivity index (χ2n) is 8.33. The van der Waals surface area contributed by atoms with Crippen LogP contribution in [-0.4, -0.2) is 24.5 Å². The van der Waals surface area contributed by atoms with E-state index in [1.54, 1.807) is 36.3 Å². The Hall–Kier alpha value is -3.28. The Kier molecular flexibility index (Phi) is 5.84. The Balaban J connectivity index is 1.62. The van der Waals surface area contributed by atoms with Crippen LogP contribution in [0.25, 0.3) is 11.0 Å². The van der Waals surface area contributed by atoms with Gasteiger partial charge in [0.1, 0.15) is 11.3 Å². The quantitative estimate of drug-likeness (QED) is 0.331. The van der Waals surface area contributed by atoms with Gasteiger partial charge in [0.15, 0.2) is 5.43 Å². The highest BCUT2D eigenvalue weighted by molar-refractivity contribution is 6.32. The maximum absolute atomic E-state index is 13.6. The summed E-state index contributed by atoms with van der Waals surface area (Å²) in [5.74, 6) is 0.514. The van der Waals surface area contributed by atoms with Crippen molar-refractivity contribution >= 4 is 40.1 Å². The fraction of sp³-hybridized carbons (Fsp3) is 0.185. The zero-order valence-corrected chi connectivity index (χ0v) is 20.1. The molecule has 0 aliphatic carbocycles. The lowest BCUT2D eigenvalue weighted by Crippen LogP contribution is -2.31. The van der Waals surface area contributed by atoms with Crippen molar-refractivity contribution in [3.8, 4) is 5.75 Å². The summed E-state index contributed by atoms with van der Waals surface area (Å²) in [4.78, 5) is 28.9. The van der Waals surface area contributed by atoms with E-state index in [9.17, 15) is 9.59 Å². The average molecular weight is 494 g/mol. The van der Waals surface area contributed by atoms with Crippen molar-refractivity contribution in [2.45, 2.75) is 19.4 Å². The summed E-state index contributed by atoms with van der Waals surface area (Å²) in [6.07, 6.45) is 0.597. The minimum atomic E-state index is -0.611. The Morgan fingerprint density at radius 2 is 1.79 bits per heavy atom. The van der Waals surface area contributed by atoms with E-state index >= 15 is 0 Å². The minimum absolute atomic E-state index is 0.0685. The van der Waals surface area contributed by atoms with Gasteiger partial charge in [0, 0.05) is 16.6 Å². The molecule has 0 radical (unpaired) electrons. The first kappa shape index (κ1) is 22.5. The summed E-state index contributed by atoms with van der Waals surface area (Å²) < 4.78 is 11.3. The number of hydrogen-bond donors (Lipinski definition) is 0. The van der Waals surface area contributed by atoms with Gasteiger partial charge in [-0.25, -0.2) is 0 Å². The van der Waals surface area contributed by atoms with Crippen molar-refractivity contribution in [3.63, 3.8) is 0 Å². The molecule has 5 nitrogen and oxygen atoms in total. The molecule has 0 spiro atoms. The van der Waals surface area contributed by atoms with Gasteiger partial charge < -0.3 is 14.1 Å². The van der Waals surface area contributed by atoms with Gasteiger partial charge in [-0.1, -0.05) is 47.5 Å². The summed E-state index contributed by atoms with van der Waals surface area (Å²) >= 11 is 12.6. The molecule has 2 heterocycles. The topological polar surface area (TPSA) is 59.8 Å². The highest BCUT2D eigenvalue weighted by Crippen LogP contribution is 2.39. The largest absolute Gasteiger partial charge is 0.497 e. The molecule has 0 bridgehead atoms. The van der Waals surface area contributed by atoms with Crippen LogP contribution in [0.4, 0.5) is 0 Å². The van der Waals surface area contributed by atoms with Gasteiger partial charge in [-0.15, -0.1) is 0 Å². The summed E-state index contributed by atoms with van der Waals surface area (Å²) in [6, 6.07) is 17.6. The van der Waals surface area contributed by atoms with Crippen LogP contribution in [0.3, 0.4) is 0 Å². The average Bonchev–Trinajstić information content (AvgIpc) is 3.11. The molecular weight excluding hydrogens is 473 g/mol. The van der Waals surface area contributed by atoms with E-state index in [4.69, 9.17) is 32.4 Å². The normalized spacial score (nSPS) is 15.1. The Bertz CT molecular complexity index is 1480. The van der Waals surface area contributed by atoms with E-state index in [2.05, 4.69) is 0 Å². The molecule has 3 aromatic carbocycles. The monoisotopic (exact) mass is 493 g/mol. The third-order valence-corrected chi connectivity index (χ3v) is 6.85. The molecule has 1 aromatic heterocycles. The molecule has 5 rings (SSSR count). The van der Waals surface area contributed by atoms with E-state index < -0.39 is 6.04 Å². The molecule has 1 aliphatic rings. The van der Waals surface area contributed by atoms with E-state index in [0.29, 0.717) is 39.5 Å². The number of amides is 1. The van der Waals surface area contributed by atoms with Gasteiger partial charge in [0.2, 0.25) is 5.76 Å². The van der Waals surface area contributed by atoms with Gasteiger partial charge in [-0.2, -0.15) is 0 Å². The van der Waals surface area contributed by atoms with Crippen molar-refractivity contribution < 1.29 is 13.9 Å². The molecule has 1 atom stereocenters. The van der Waals surface area contributed by atoms with Crippen molar-refractivity contribution in [3.05, 3.63) is 109 Å². The van der Waals surface area contributed by atoms with Gasteiger partial charge in [-0.3, -0.25) is 9.59 Å². The Morgan fingerprint density at radius 1 is 1.03 bits per heavy atom. The van der Waals surface area contributed by atoms with Gasteiger partial charge in [0.05, 0.1) is 24.1 Å². The van der Waals surface area contributed by atoms with Crippen LogP contribution in [0.2, 0.25) is 10.0 Å². The number of fused-ring (bicyclic) bond motifs is 2. The van der Waals surface area contributed by atoms with Crippen LogP contribution >= 0.6 is 23.2 Å². The molecule has 172 valence electrons. The van der Waals surface area contributed by atoms with E-state index in [-0.39, 0.29) is 17.1 Å². The number of carbonyl (C=O) groups excluding carboxylic acids is 1.